The van der Waals surface area contributed by atoms with Gasteiger partial charge in [0.1, 0.15) is 0 Å². The van der Waals surface area contributed by atoms with E-state index in [0.29, 0.717) is 6.42 Å². The molecule has 1 atom stereocenters. The molecule has 5 heteroatoms. The number of carbonyl (C=O) groups excluding carboxylic acids is 1. The van der Waals surface area contributed by atoms with Gasteiger partial charge in [-0.25, -0.2) is 0 Å². The molecule has 0 saturated carbocycles. The largest absolute Gasteiger partial charge is 0.469 e. The summed E-state index contributed by atoms with van der Waals surface area (Å²) in [5.74, 6) is -0.279. The number of esters is 1. The van der Waals surface area contributed by atoms with E-state index in [1.54, 1.807) is 20.8 Å². The molecule has 0 aromatic rings. The van der Waals surface area contributed by atoms with Gasteiger partial charge in [0.15, 0.2) is 0 Å². The number of methoxy groups -OCH3 is 1. The first kappa shape index (κ1) is 18.5. The fourth-order valence-electron chi connectivity index (χ4n) is 1.10. The van der Waals surface area contributed by atoms with Gasteiger partial charge in [0.05, 0.1) is 18.6 Å². The van der Waals surface area contributed by atoms with Crippen molar-refractivity contribution in [3.63, 3.8) is 0 Å². The van der Waals surface area contributed by atoms with Crippen LogP contribution < -0.4 is 6.15 Å². The van der Waals surface area contributed by atoms with Gasteiger partial charge in [0.25, 0.3) is 0 Å². The Morgan fingerprint density at radius 2 is 1.92 bits per heavy atom. The van der Waals surface area contributed by atoms with E-state index in [1.165, 1.54) is 7.11 Å². The molecule has 0 spiro atoms. The summed E-state index contributed by atoms with van der Waals surface area (Å²) in [6.45, 7) is 5.17. The molecule has 4 nitrogen and oxygen atoms in total. The Bertz CT molecular complexity index is 148. The second-order valence-electron chi connectivity index (χ2n) is 3.43. The van der Waals surface area contributed by atoms with Crippen LogP contribution in [0.2, 0.25) is 0 Å². The predicted molar refractivity (Wildman–Crippen MR) is 54.4 cm³/mol. The third-order valence-corrected chi connectivity index (χ3v) is 1.54. The standard InChI is InChI=1S/C8H16O3.ClH.H3N/c1-6(9)5-8(2,3)7(10)11-4;;/h6,9H,5H2,1-4H3;1H;1H3. The highest BCUT2D eigenvalue weighted by molar-refractivity contribution is 5.85. The summed E-state index contributed by atoms with van der Waals surface area (Å²) < 4.78 is 4.57. The molecule has 0 aromatic carbocycles. The van der Waals surface area contributed by atoms with E-state index in [4.69, 9.17) is 5.11 Å². The Balaban J connectivity index is -0.000000500. The molecule has 0 radical (unpaired) electrons. The van der Waals surface area contributed by atoms with Crippen molar-refractivity contribution in [1.82, 2.24) is 6.15 Å². The van der Waals surface area contributed by atoms with E-state index in [9.17, 15) is 4.79 Å². The van der Waals surface area contributed by atoms with Crippen LogP contribution in [-0.2, 0) is 9.53 Å². The molecule has 0 fully saturated rings. The highest BCUT2D eigenvalue weighted by Gasteiger charge is 2.29. The number of rotatable bonds is 3. The van der Waals surface area contributed by atoms with Crippen molar-refractivity contribution in [3.05, 3.63) is 0 Å². The third kappa shape index (κ3) is 6.81. The SMILES string of the molecule is COC(=O)C(C)(C)CC(C)O.Cl.N. The second kappa shape index (κ2) is 7.12. The fourth-order valence-corrected chi connectivity index (χ4v) is 1.10. The lowest BCUT2D eigenvalue weighted by Crippen LogP contribution is -2.29. The molecular weight excluding hydrogens is 194 g/mol. The van der Waals surface area contributed by atoms with Crippen molar-refractivity contribution < 1.29 is 14.6 Å². The zero-order valence-electron chi connectivity index (χ0n) is 8.66. The number of hydrogen-bond acceptors (Lipinski definition) is 4. The number of carbonyl (C=O) groups is 1. The first-order valence-electron chi connectivity index (χ1n) is 3.66. The summed E-state index contributed by atoms with van der Waals surface area (Å²) in [4.78, 5) is 11.0. The summed E-state index contributed by atoms with van der Waals surface area (Å²) in [7, 11) is 1.35. The normalized spacial score (nSPS) is 12.1. The van der Waals surface area contributed by atoms with Crippen LogP contribution in [-0.4, -0.2) is 24.3 Å². The lowest BCUT2D eigenvalue weighted by Gasteiger charge is -2.22. The van der Waals surface area contributed by atoms with Crippen molar-refractivity contribution in [1.29, 1.82) is 0 Å². The lowest BCUT2D eigenvalue weighted by molar-refractivity contribution is -0.152. The number of halogens is 1. The smallest absolute Gasteiger partial charge is 0.311 e. The van der Waals surface area contributed by atoms with Crippen molar-refractivity contribution in [2.75, 3.05) is 7.11 Å². The molecule has 0 saturated heterocycles. The van der Waals surface area contributed by atoms with Crippen LogP contribution in [0.4, 0.5) is 0 Å². The molecular formula is C8H20ClNO3. The van der Waals surface area contributed by atoms with Gasteiger partial charge >= 0.3 is 5.97 Å². The molecule has 0 bridgehead atoms. The van der Waals surface area contributed by atoms with Crippen LogP contribution >= 0.6 is 12.4 Å². The molecule has 0 aliphatic rings. The van der Waals surface area contributed by atoms with Crippen molar-refractivity contribution in [3.8, 4) is 0 Å². The Labute approximate surface area is 85.7 Å². The van der Waals surface area contributed by atoms with E-state index in [1.807, 2.05) is 0 Å². The maximum absolute atomic E-state index is 11.0. The average Bonchev–Trinajstić information content (AvgIpc) is 1.83. The van der Waals surface area contributed by atoms with Gasteiger partial charge in [-0.2, -0.15) is 0 Å². The van der Waals surface area contributed by atoms with E-state index < -0.39 is 11.5 Å². The van der Waals surface area contributed by atoms with Gasteiger partial charge in [-0.1, -0.05) is 0 Å². The topological polar surface area (TPSA) is 81.5 Å². The van der Waals surface area contributed by atoms with Gasteiger partial charge in [0, 0.05) is 0 Å². The summed E-state index contributed by atoms with van der Waals surface area (Å²) in [5, 5.41) is 9.02. The quantitative estimate of drug-likeness (QED) is 0.697. The van der Waals surface area contributed by atoms with Gasteiger partial charge in [0.2, 0.25) is 0 Å². The molecule has 0 aromatic heterocycles. The first-order valence-corrected chi connectivity index (χ1v) is 3.66. The van der Waals surface area contributed by atoms with Gasteiger partial charge in [-0.15, -0.1) is 12.4 Å². The number of ether oxygens (including phenoxy) is 1. The predicted octanol–water partition coefficient (Wildman–Crippen LogP) is 1.54. The van der Waals surface area contributed by atoms with Crippen molar-refractivity contribution in [2.24, 2.45) is 5.41 Å². The van der Waals surface area contributed by atoms with E-state index in [0.717, 1.165) is 0 Å². The zero-order valence-corrected chi connectivity index (χ0v) is 9.48. The average molecular weight is 214 g/mol. The van der Waals surface area contributed by atoms with Crippen LogP contribution in [0.5, 0.6) is 0 Å². The zero-order chi connectivity index (χ0) is 9.07. The molecule has 0 rings (SSSR count). The monoisotopic (exact) mass is 213 g/mol. The maximum Gasteiger partial charge on any atom is 0.311 e. The highest BCUT2D eigenvalue weighted by Crippen LogP contribution is 2.23. The molecule has 0 aliphatic heterocycles. The Morgan fingerprint density at radius 1 is 1.54 bits per heavy atom. The number of hydrogen-bond donors (Lipinski definition) is 2. The van der Waals surface area contributed by atoms with Crippen molar-refractivity contribution in [2.45, 2.75) is 33.3 Å². The van der Waals surface area contributed by atoms with E-state index in [2.05, 4.69) is 4.74 Å². The lowest BCUT2D eigenvalue weighted by atomic mass is 9.87. The molecule has 0 amide bonds. The highest BCUT2D eigenvalue weighted by atomic mass is 35.5. The van der Waals surface area contributed by atoms with Gasteiger partial charge < -0.3 is 16.0 Å². The summed E-state index contributed by atoms with van der Waals surface area (Å²) >= 11 is 0. The molecule has 1 unspecified atom stereocenters. The molecule has 0 heterocycles. The maximum atomic E-state index is 11.0. The van der Waals surface area contributed by atoms with Crippen molar-refractivity contribution >= 4 is 18.4 Å². The molecule has 82 valence electrons. The molecule has 0 aliphatic carbocycles. The minimum atomic E-state index is -0.580. The minimum absolute atomic E-state index is 0. The second-order valence-corrected chi connectivity index (χ2v) is 3.43. The van der Waals surface area contributed by atoms with Crippen LogP contribution in [0.25, 0.3) is 0 Å². The Morgan fingerprint density at radius 3 is 2.15 bits per heavy atom. The minimum Gasteiger partial charge on any atom is -0.469 e. The molecule has 4 N–H and O–H groups in total. The van der Waals surface area contributed by atoms with Crippen LogP contribution in [0, 0.1) is 5.41 Å². The van der Waals surface area contributed by atoms with Gasteiger partial charge in [-0.3, -0.25) is 4.79 Å². The number of aliphatic hydroxyl groups excluding tert-OH is 1. The summed E-state index contributed by atoms with van der Waals surface area (Å²) in [6.07, 6.45) is -0.0382. The Kier molecular flexibility index (Phi) is 10.1. The molecule has 13 heavy (non-hydrogen) atoms. The third-order valence-electron chi connectivity index (χ3n) is 1.54. The van der Waals surface area contributed by atoms with E-state index in [-0.39, 0.29) is 24.5 Å². The van der Waals surface area contributed by atoms with Gasteiger partial charge in [-0.05, 0) is 27.2 Å². The van der Waals surface area contributed by atoms with Crippen LogP contribution in [0.15, 0.2) is 0 Å². The first-order chi connectivity index (χ1) is 4.90. The van der Waals surface area contributed by atoms with Crippen LogP contribution in [0.3, 0.4) is 0 Å². The Hall–Kier alpha value is -0.320. The summed E-state index contributed by atoms with van der Waals surface area (Å²) in [6, 6.07) is 0. The van der Waals surface area contributed by atoms with E-state index >= 15 is 0 Å². The summed E-state index contributed by atoms with van der Waals surface area (Å²) in [5.41, 5.74) is -0.580. The fraction of sp³-hybridized carbons (Fsp3) is 0.875. The van der Waals surface area contributed by atoms with Crippen LogP contribution in [0.1, 0.15) is 27.2 Å². The number of aliphatic hydroxyl groups is 1.